The summed E-state index contributed by atoms with van der Waals surface area (Å²) >= 11 is 0. The van der Waals surface area contributed by atoms with Gasteiger partial charge in [-0.25, -0.2) is 4.79 Å². The molecule has 0 aliphatic carbocycles. The number of amides is 1. The Hall–Kier alpha value is -0.990. The van der Waals surface area contributed by atoms with Crippen molar-refractivity contribution in [3.63, 3.8) is 0 Å². The summed E-state index contributed by atoms with van der Waals surface area (Å²) in [7, 11) is 0. The van der Waals surface area contributed by atoms with Gasteiger partial charge in [0.2, 0.25) is 0 Å². The highest BCUT2D eigenvalue weighted by atomic mass is 16.6. The van der Waals surface area contributed by atoms with Gasteiger partial charge in [0.15, 0.2) is 0 Å². The normalized spacial score (nSPS) is 15.8. The van der Waals surface area contributed by atoms with Crippen LogP contribution in [-0.2, 0) is 4.74 Å². The molecule has 0 radical (unpaired) electrons. The molecule has 0 aromatic heterocycles. The fourth-order valence-electron chi connectivity index (χ4n) is 1.79. The van der Waals surface area contributed by atoms with Crippen LogP contribution in [0, 0.1) is 5.41 Å². The van der Waals surface area contributed by atoms with Gasteiger partial charge < -0.3 is 9.64 Å². The second-order valence-electron chi connectivity index (χ2n) is 5.61. The molecule has 1 aliphatic rings. The Bertz CT molecular complexity index is 287. The third-order valence-electron chi connectivity index (χ3n) is 2.77. The Labute approximate surface area is 112 Å². The maximum absolute atomic E-state index is 11.6. The summed E-state index contributed by atoms with van der Waals surface area (Å²) in [5.74, 6) is 0. The van der Waals surface area contributed by atoms with Gasteiger partial charge in [0, 0.05) is 13.1 Å². The summed E-state index contributed by atoms with van der Waals surface area (Å²) in [6.07, 6.45) is 2.88. The van der Waals surface area contributed by atoms with E-state index in [-0.39, 0.29) is 17.6 Å². The Morgan fingerprint density at radius 2 is 1.89 bits per heavy atom. The van der Waals surface area contributed by atoms with Crippen LogP contribution in [0.15, 0.2) is 11.6 Å². The minimum atomic E-state index is -0.195. The summed E-state index contributed by atoms with van der Waals surface area (Å²) in [6.45, 7) is 15.8. The SMILES string of the molecule is CC.CC(C)OC(=O)N1CC=C(C(C)(C)C)CC1. The highest BCUT2D eigenvalue weighted by molar-refractivity contribution is 5.68. The van der Waals surface area contributed by atoms with Gasteiger partial charge in [0.25, 0.3) is 0 Å². The number of rotatable bonds is 1. The van der Waals surface area contributed by atoms with E-state index in [0.29, 0.717) is 6.54 Å². The van der Waals surface area contributed by atoms with Gasteiger partial charge in [-0.1, -0.05) is 46.3 Å². The molecular weight excluding hydrogens is 226 g/mol. The summed E-state index contributed by atoms with van der Waals surface area (Å²) in [4.78, 5) is 13.4. The minimum absolute atomic E-state index is 0.0412. The molecule has 106 valence electrons. The predicted octanol–water partition coefficient (Wildman–Crippen LogP) is 4.24. The van der Waals surface area contributed by atoms with Crippen molar-refractivity contribution in [2.75, 3.05) is 13.1 Å². The standard InChI is InChI=1S/C13H23NO2.C2H6/c1-10(2)16-12(15)14-8-6-11(7-9-14)13(3,4)5;1-2/h6,10H,7-9H2,1-5H3;1-2H3. The van der Waals surface area contributed by atoms with Crippen molar-refractivity contribution in [1.82, 2.24) is 4.90 Å². The van der Waals surface area contributed by atoms with E-state index in [1.165, 1.54) is 5.57 Å². The van der Waals surface area contributed by atoms with Crippen LogP contribution in [0.4, 0.5) is 4.79 Å². The molecule has 0 aromatic carbocycles. The summed E-state index contributed by atoms with van der Waals surface area (Å²) in [6, 6.07) is 0. The second kappa shape index (κ2) is 7.45. The molecule has 0 spiro atoms. The smallest absolute Gasteiger partial charge is 0.410 e. The summed E-state index contributed by atoms with van der Waals surface area (Å²) in [5, 5.41) is 0. The van der Waals surface area contributed by atoms with Gasteiger partial charge in [0.1, 0.15) is 0 Å². The zero-order chi connectivity index (χ0) is 14.3. The topological polar surface area (TPSA) is 29.5 Å². The first-order valence-electron chi connectivity index (χ1n) is 6.96. The van der Waals surface area contributed by atoms with Gasteiger partial charge in [-0.15, -0.1) is 0 Å². The number of hydrogen-bond donors (Lipinski definition) is 0. The van der Waals surface area contributed by atoms with E-state index in [1.54, 1.807) is 4.90 Å². The van der Waals surface area contributed by atoms with Gasteiger partial charge in [-0.05, 0) is 25.7 Å². The average Bonchev–Trinajstić information content (AvgIpc) is 2.30. The van der Waals surface area contributed by atoms with Crippen LogP contribution in [0.25, 0.3) is 0 Å². The minimum Gasteiger partial charge on any atom is -0.447 e. The number of hydrogen-bond acceptors (Lipinski definition) is 2. The Balaban J connectivity index is 0.00000137. The first-order valence-corrected chi connectivity index (χ1v) is 6.96. The van der Waals surface area contributed by atoms with Crippen LogP contribution in [0.5, 0.6) is 0 Å². The van der Waals surface area contributed by atoms with E-state index in [9.17, 15) is 4.79 Å². The molecule has 0 aromatic rings. The van der Waals surface area contributed by atoms with Crippen LogP contribution in [0.3, 0.4) is 0 Å². The lowest BCUT2D eigenvalue weighted by molar-refractivity contribution is 0.0784. The Kier molecular flexibility index (Phi) is 7.04. The van der Waals surface area contributed by atoms with E-state index in [2.05, 4.69) is 26.8 Å². The van der Waals surface area contributed by atoms with Crippen LogP contribution < -0.4 is 0 Å². The molecule has 1 heterocycles. The zero-order valence-corrected chi connectivity index (χ0v) is 13.0. The molecule has 0 unspecified atom stereocenters. The number of ether oxygens (including phenoxy) is 1. The number of nitrogens with zero attached hydrogens (tertiary/aromatic N) is 1. The van der Waals surface area contributed by atoms with Gasteiger partial charge in [-0.3, -0.25) is 0 Å². The maximum atomic E-state index is 11.6. The van der Waals surface area contributed by atoms with E-state index >= 15 is 0 Å². The molecule has 0 N–H and O–H groups in total. The van der Waals surface area contributed by atoms with Gasteiger partial charge >= 0.3 is 6.09 Å². The van der Waals surface area contributed by atoms with Crippen molar-refractivity contribution in [3.05, 3.63) is 11.6 Å². The lowest BCUT2D eigenvalue weighted by atomic mass is 9.83. The average molecular weight is 255 g/mol. The molecule has 0 fully saturated rings. The molecule has 3 heteroatoms. The van der Waals surface area contributed by atoms with Crippen molar-refractivity contribution in [2.45, 2.75) is 61.0 Å². The molecule has 18 heavy (non-hydrogen) atoms. The molecule has 0 bridgehead atoms. The summed E-state index contributed by atoms with van der Waals surface area (Å²) < 4.78 is 5.17. The fraction of sp³-hybridized carbons (Fsp3) is 0.800. The first-order chi connectivity index (χ1) is 8.30. The first kappa shape index (κ1) is 17.0. The number of carbonyl (C=O) groups is 1. The van der Waals surface area contributed by atoms with Crippen LogP contribution in [-0.4, -0.2) is 30.2 Å². The third kappa shape index (κ3) is 5.56. The molecular formula is C15H29NO2. The van der Waals surface area contributed by atoms with E-state index < -0.39 is 0 Å². The van der Waals surface area contributed by atoms with E-state index in [1.807, 2.05) is 27.7 Å². The zero-order valence-electron chi connectivity index (χ0n) is 13.0. The lowest BCUT2D eigenvalue weighted by Gasteiger charge is -2.32. The molecule has 0 saturated carbocycles. The maximum Gasteiger partial charge on any atom is 0.410 e. The van der Waals surface area contributed by atoms with E-state index in [0.717, 1.165) is 13.0 Å². The lowest BCUT2D eigenvalue weighted by Crippen LogP contribution is -2.37. The van der Waals surface area contributed by atoms with Gasteiger partial charge in [0.05, 0.1) is 6.10 Å². The number of carbonyl (C=O) groups excluding carboxylic acids is 1. The molecule has 3 nitrogen and oxygen atoms in total. The molecule has 0 saturated heterocycles. The highest BCUT2D eigenvalue weighted by Crippen LogP contribution is 2.30. The van der Waals surface area contributed by atoms with Crippen molar-refractivity contribution in [3.8, 4) is 0 Å². The van der Waals surface area contributed by atoms with Crippen LogP contribution >= 0.6 is 0 Å². The van der Waals surface area contributed by atoms with E-state index in [4.69, 9.17) is 4.74 Å². The predicted molar refractivity (Wildman–Crippen MR) is 76.7 cm³/mol. The largest absolute Gasteiger partial charge is 0.447 e. The van der Waals surface area contributed by atoms with Crippen molar-refractivity contribution >= 4 is 6.09 Å². The van der Waals surface area contributed by atoms with Crippen LogP contribution in [0.1, 0.15) is 54.9 Å². The summed E-state index contributed by atoms with van der Waals surface area (Å²) in [5.41, 5.74) is 1.65. The monoisotopic (exact) mass is 255 g/mol. The molecule has 1 amide bonds. The Morgan fingerprint density at radius 1 is 1.33 bits per heavy atom. The Morgan fingerprint density at radius 3 is 2.22 bits per heavy atom. The van der Waals surface area contributed by atoms with Crippen LogP contribution in [0.2, 0.25) is 0 Å². The molecule has 0 atom stereocenters. The molecule has 1 aliphatic heterocycles. The quantitative estimate of drug-likeness (QED) is 0.656. The van der Waals surface area contributed by atoms with Gasteiger partial charge in [-0.2, -0.15) is 0 Å². The third-order valence-corrected chi connectivity index (χ3v) is 2.77. The van der Waals surface area contributed by atoms with Crippen molar-refractivity contribution < 1.29 is 9.53 Å². The van der Waals surface area contributed by atoms with Crippen molar-refractivity contribution in [2.24, 2.45) is 5.41 Å². The highest BCUT2D eigenvalue weighted by Gasteiger charge is 2.24. The second-order valence-corrected chi connectivity index (χ2v) is 5.61. The fourth-order valence-corrected chi connectivity index (χ4v) is 1.79. The molecule has 1 rings (SSSR count). The van der Waals surface area contributed by atoms with Crippen molar-refractivity contribution in [1.29, 1.82) is 0 Å².